The Morgan fingerprint density at radius 1 is 1.40 bits per heavy atom. The lowest BCUT2D eigenvalue weighted by Gasteiger charge is -2.32. The fraction of sp³-hybridized carbons (Fsp3) is 0.786. The molecule has 1 amide bonds. The summed E-state index contributed by atoms with van der Waals surface area (Å²) in [6, 6.07) is 0.0170. The molecule has 2 aliphatic rings. The van der Waals surface area contributed by atoms with Gasteiger partial charge >= 0.3 is 0 Å². The molecule has 2 heterocycles. The van der Waals surface area contributed by atoms with E-state index in [9.17, 15) is 4.79 Å². The van der Waals surface area contributed by atoms with Crippen molar-refractivity contribution in [2.75, 3.05) is 32.7 Å². The number of likely N-dealkylation sites (tertiary alicyclic amines) is 1. The third-order valence-corrected chi connectivity index (χ3v) is 4.64. The maximum Gasteiger partial charge on any atom is 0.237 e. The monoisotopic (exact) mass is 319 g/mol. The summed E-state index contributed by atoms with van der Waals surface area (Å²) in [6.45, 7) is 4.45. The van der Waals surface area contributed by atoms with Crippen LogP contribution in [0.4, 0.5) is 0 Å². The quantitative estimate of drug-likeness (QED) is 0.813. The second-order valence-electron chi connectivity index (χ2n) is 5.69. The number of hydrogen-bond donors (Lipinski definition) is 2. The van der Waals surface area contributed by atoms with Crippen LogP contribution >= 0.6 is 23.2 Å². The first-order valence-electron chi connectivity index (χ1n) is 7.37. The molecule has 0 saturated carbocycles. The van der Waals surface area contributed by atoms with E-state index in [1.165, 1.54) is 5.54 Å². The normalized spacial score (nSPS) is 28.6. The number of carbonyl (C=O) groups excluding carboxylic acids is 1. The van der Waals surface area contributed by atoms with E-state index in [-0.39, 0.29) is 11.9 Å². The molecule has 0 aromatic rings. The predicted molar refractivity (Wildman–Crippen MR) is 83.0 cm³/mol. The molecule has 0 aromatic heterocycles. The van der Waals surface area contributed by atoms with E-state index in [0.29, 0.717) is 17.5 Å². The van der Waals surface area contributed by atoms with E-state index >= 15 is 0 Å². The minimum absolute atomic E-state index is 0.0170. The second-order valence-corrected chi connectivity index (χ2v) is 6.40. The van der Waals surface area contributed by atoms with Crippen LogP contribution in [0.5, 0.6) is 0 Å². The number of hydrogen-bond acceptors (Lipinski definition) is 3. The van der Waals surface area contributed by atoms with Crippen LogP contribution < -0.4 is 10.6 Å². The molecule has 2 aliphatic heterocycles. The molecule has 2 rings (SSSR count). The fourth-order valence-electron chi connectivity index (χ4n) is 2.99. The predicted octanol–water partition coefficient (Wildman–Crippen LogP) is 1.89. The molecule has 2 saturated heterocycles. The summed E-state index contributed by atoms with van der Waals surface area (Å²) in [5.74, 6) is 0.659. The second kappa shape index (κ2) is 8.23. The van der Waals surface area contributed by atoms with Crippen molar-refractivity contribution < 1.29 is 4.79 Å². The molecule has 2 N–H and O–H groups in total. The first-order valence-corrected chi connectivity index (χ1v) is 8.18. The average Bonchev–Trinajstić information content (AvgIpc) is 2.99. The number of nitrogens with one attached hydrogen (secondary N) is 2. The third kappa shape index (κ3) is 4.92. The lowest BCUT2D eigenvalue weighted by molar-refractivity contribution is -0.123. The standard InChI is InChI=1S/C14H23Cl2N3O/c15-7-12(16)10-19-6-2-3-11(9-19)8-18-14(20)13-4-1-5-17-13/h7,11,13,17H,1-6,8-10H2,(H,18,20)/b12-7+. The van der Waals surface area contributed by atoms with E-state index in [2.05, 4.69) is 15.5 Å². The van der Waals surface area contributed by atoms with Gasteiger partial charge in [-0.3, -0.25) is 9.69 Å². The van der Waals surface area contributed by atoms with Gasteiger partial charge in [0.05, 0.1) is 6.04 Å². The molecular weight excluding hydrogens is 297 g/mol. The molecule has 0 aromatic carbocycles. The van der Waals surface area contributed by atoms with Crippen LogP contribution in [0.15, 0.2) is 10.6 Å². The summed E-state index contributed by atoms with van der Waals surface area (Å²) in [4.78, 5) is 14.3. The Labute approximate surface area is 130 Å². The van der Waals surface area contributed by atoms with Crippen LogP contribution in [0.1, 0.15) is 25.7 Å². The van der Waals surface area contributed by atoms with Gasteiger partial charge in [0.15, 0.2) is 0 Å². The molecule has 0 spiro atoms. The third-order valence-electron chi connectivity index (χ3n) is 4.04. The Morgan fingerprint density at radius 2 is 2.25 bits per heavy atom. The minimum atomic E-state index is 0.0170. The summed E-state index contributed by atoms with van der Waals surface area (Å²) in [5.41, 5.74) is 1.43. The van der Waals surface area contributed by atoms with Gasteiger partial charge in [0.25, 0.3) is 0 Å². The van der Waals surface area contributed by atoms with E-state index in [4.69, 9.17) is 23.2 Å². The molecule has 2 atom stereocenters. The SMILES string of the molecule is O=C(NCC1CCCN(C/C(Cl)=C\Cl)C1)C1CCCN1. The van der Waals surface area contributed by atoms with E-state index in [1.807, 2.05) is 0 Å². The highest BCUT2D eigenvalue weighted by molar-refractivity contribution is 6.36. The van der Waals surface area contributed by atoms with E-state index in [0.717, 1.165) is 51.9 Å². The Balaban J connectivity index is 1.71. The zero-order chi connectivity index (χ0) is 14.4. The smallest absolute Gasteiger partial charge is 0.237 e. The van der Waals surface area contributed by atoms with Crippen LogP contribution in [0, 0.1) is 5.92 Å². The van der Waals surface area contributed by atoms with Gasteiger partial charge in [-0.2, -0.15) is 0 Å². The summed E-state index contributed by atoms with van der Waals surface area (Å²) in [6.07, 6.45) is 4.36. The molecule has 0 aliphatic carbocycles. The van der Waals surface area contributed by atoms with Crippen molar-refractivity contribution in [3.63, 3.8) is 0 Å². The summed E-state index contributed by atoms with van der Waals surface area (Å²) in [7, 11) is 0. The summed E-state index contributed by atoms with van der Waals surface area (Å²) >= 11 is 11.6. The first-order chi connectivity index (χ1) is 9.69. The lowest BCUT2D eigenvalue weighted by Crippen LogP contribution is -2.45. The van der Waals surface area contributed by atoms with Crippen LogP contribution in [-0.4, -0.2) is 49.6 Å². The zero-order valence-electron chi connectivity index (χ0n) is 11.7. The Hall–Kier alpha value is -0.290. The Bertz CT molecular complexity index is 356. The van der Waals surface area contributed by atoms with Gasteiger partial charge in [-0.1, -0.05) is 23.2 Å². The topological polar surface area (TPSA) is 44.4 Å². The number of carbonyl (C=O) groups is 1. The number of amides is 1. The lowest BCUT2D eigenvalue weighted by atomic mass is 9.98. The van der Waals surface area contributed by atoms with E-state index < -0.39 is 0 Å². The van der Waals surface area contributed by atoms with Crippen molar-refractivity contribution in [2.45, 2.75) is 31.7 Å². The molecule has 20 heavy (non-hydrogen) atoms. The molecule has 0 bridgehead atoms. The van der Waals surface area contributed by atoms with Crippen LogP contribution in [0.2, 0.25) is 0 Å². The van der Waals surface area contributed by atoms with Gasteiger partial charge in [-0.15, -0.1) is 0 Å². The van der Waals surface area contributed by atoms with Crippen molar-refractivity contribution >= 4 is 29.1 Å². The summed E-state index contributed by atoms with van der Waals surface area (Å²) < 4.78 is 0. The minimum Gasteiger partial charge on any atom is -0.354 e. The number of piperidine rings is 1. The van der Waals surface area contributed by atoms with Crippen molar-refractivity contribution in [1.29, 1.82) is 0 Å². The molecule has 4 nitrogen and oxygen atoms in total. The Morgan fingerprint density at radius 3 is 2.95 bits per heavy atom. The van der Waals surface area contributed by atoms with E-state index in [1.54, 1.807) is 0 Å². The molecule has 114 valence electrons. The van der Waals surface area contributed by atoms with Crippen molar-refractivity contribution in [3.8, 4) is 0 Å². The molecular formula is C14H23Cl2N3O. The van der Waals surface area contributed by atoms with Crippen molar-refractivity contribution in [1.82, 2.24) is 15.5 Å². The van der Waals surface area contributed by atoms with Gasteiger partial charge < -0.3 is 10.6 Å². The largest absolute Gasteiger partial charge is 0.354 e. The maximum absolute atomic E-state index is 12.0. The highest BCUT2D eigenvalue weighted by atomic mass is 35.5. The highest BCUT2D eigenvalue weighted by Crippen LogP contribution is 2.18. The number of rotatable bonds is 5. The van der Waals surface area contributed by atoms with Gasteiger partial charge in [0.1, 0.15) is 0 Å². The maximum atomic E-state index is 12.0. The molecule has 0 radical (unpaired) electrons. The van der Waals surface area contributed by atoms with Gasteiger partial charge in [0, 0.05) is 30.2 Å². The average molecular weight is 320 g/mol. The summed E-state index contributed by atoms with van der Waals surface area (Å²) in [5, 5.41) is 6.98. The van der Waals surface area contributed by atoms with Crippen LogP contribution in [-0.2, 0) is 4.79 Å². The van der Waals surface area contributed by atoms with Gasteiger partial charge in [0.2, 0.25) is 5.91 Å². The van der Waals surface area contributed by atoms with Crippen LogP contribution in [0.3, 0.4) is 0 Å². The fourth-order valence-corrected chi connectivity index (χ4v) is 3.22. The van der Waals surface area contributed by atoms with Gasteiger partial charge in [-0.25, -0.2) is 0 Å². The Kier molecular flexibility index (Phi) is 6.62. The molecule has 2 fully saturated rings. The van der Waals surface area contributed by atoms with Crippen molar-refractivity contribution in [2.24, 2.45) is 5.92 Å². The van der Waals surface area contributed by atoms with Crippen molar-refractivity contribution in [3.05, 3.63) is 10.6 Å². The van der Waals surface area contributed by atoms with Crippen LogP contribution in [0.25, 0.3) is 0 Å². The molecule has 2 unspecified atom stereocenters. The zero-order valence-corrected chi connectivity index (χ0v) is 13.2. The number of nitrogens with zero attached hydrogens (tertiary/aromatic N) is 1. The van der Waals surface area contributed by atoms with Gasteiger partial charge in [-0.05, 0) is 44.7 Å². The number of halogens is 2. The molecule has 6 heteroatoms. The highest BCUT2D eigenvalue weighted by Gasteiger charge is 2.24. The first kappa shape index (κ1) is 16.1.